The number of hydrogen-bond acceptors (Lipinski definition) is 6. The minimum Gasteiger partial charge on any atom is -0.347 e. The van der Waals surface area contributed by atoms with Crippen LogP contribution in [0.2, 0.25) is 0 Å². The molecule has 0 fully saturated rings. The Labute approximate surface area is 142 Å². The summed E-state index contributed by atoms with van der Waals surface area (Å²) in [6.07, 6.45) is 3.49. The summed E-state index contributed by atoms with van der Waals surface area (Å²) in [7, 11) is 0. The molecular formula is C16H16N4OS2. The van der Waals surface area contributed by atoms with E-state index in [1.165, 1.54) is 0 Å². The predicted octanol–water partition coefficient (Wildman–Crippen LogP) is 3.54. The van der Waals surface area contributed by atoms with Crippen molar-refractivity contribution in [1.29, 1.82) is 0 Å². The number of carbonyl (C=O) groups excluding carboxylic acids is 1. The van der Waals surface area contributed by atoms with E-state index in [2.05, 4.69) is 26.8 Å². The monoisotopic (exact) mass is 344 g/mol. The summed E-state index contributed by atoms with van der Waals surface area (Å²) in [5.74, 6) is -0.113. The van der Waals surface area contributed by atoms with Crippen LogP contribution in [0.1, 0.15) is 34.3 Å². The van der Waals surface area contributed by atoms with E-state index in [0.717, 1.165) is 46.2 Å². The Balaban J connectivity index is 1.67. The standard InChI is InChI=1S/C16H16N4OS2/c1-2-4-12-15(23-20-19-12)16(21)18-10-11-6-7-17-13(9-11)14-5-3-8-22-14/h3,5-9H,2,4,10H2,1H3,(H,18,21). The molecule has 23 heavy (non-hydrogen) atoms. The van der Waals surface area contributed by atoms with Crippen LogP contribution in [0.15, 0.2) is 35.8 Å². The van der Waals surface area contributed by atoms with Gasteiger partial charge in [0.2, 0.25) is 0 Å². The summed E-state index contributed by atoms with van der Waals surface area (Å²) in [5.41, 5.74) is 2.73. The van der Waals surface area contributed by atoms with E-state index < -0.39 is 0 Å². The second kappa shape index (κ2) is 7.43. The Kier molecular flexibility index (Phi) is 5.09. The van der Waals surface area contributed by atoms with E-state index in [9.17, 15) is 4.79 Å². The van der Waals surface area contributed by atoms with Gasteiger partial charge in [0.15, 0.2) is 0 Å². The highest BCUT2D eigenvalue weighted by atomic mass is 32.1. The number of carbonyl (C=O) groups is 1. The molecule has 0 aliphatic carbocycles. The molecule has 3 rings (SSSR count). The zero-order chi connectivity index (χ0) is 16.1. The minimum absolute atomic E-state index is 0.113. The van der Waals surface area contributed by atoms with Crippen LogP contribution in [0.3, 0.4) is 0 Å². The molecular weight excluding hydrogens is 328 g/mol. The van der Waals surface area contributed by atoms with Gasteiger partial charge in [-0.3, -0.25) is 9.78 Å². The van der Waals surface area contributed by atoms with Crippen LogP contribution in [0.25, 0.3) is 10.6 Å². The number of nitrogens with zero attached hydrogens (tertiary/aromatic N) is 3. The van der Waals surface area contributed by atoms with Gasteiger partial charge in [0, 0.05) is 12.7 Å². The number of hydrogen-bond donors (Lipinski definition) is 1. The van der Waals surface area contributed by atoms with Gasteiger partial charge in [-0.25, -0.2) is 0 Å². The van der Waals surface area contributed by atoms with E-state index in [1.54, 1.807) is 17.5 Å². The molecule has 3 aromatic rings. The fourth-order valence-electron chi connectivity index (χ4n) is 2.19. The van der Waals surface area contributed by atoms with E-state index in [-0.39, 0.29) is 5.91 Å². The van der Waals surface area contributed by atoms with Gasteiger partial charge in [-0.05, 0) is 47.1 Å². The lowest BCUT2D eigenvalue weighted by molar-refractivity contribution is 0.0954. The van der Waals surface area contributed by atoms with Crippen molar-refractivity contribution in [3.63, 3.8) is 0 Å². The molecule has 0 radical (unpaired) electrons. The summed E-state index contributed by atoms with van der Waals surface area (Å²) >= 11 is 2.80. The number of rotatable bonds is 6. The first-order valence-corrected chi connectivity index (χ1v) is 9.01. The molecule has 0 aliphatic rings. The van der Waals surface area contributed by atoms with Gasteiger partial charge in [-0.1, -0.05) is 23.9 Å². The Morgan fingerprint density at radius 1 is 1.35 bits per heavy atom. The maximum Gasteiger partial charge on any atom is 0.265 e. The van der Waals surface area contributed by atoms with Crippen molar-refractivity contribution in [3.8, 4) is 10.6 Å². The van der Waals surface area contributed by atoms with Crippen molar-refractivity contribution in [3.05, 3.63) is 52.0 Å². The predicted molar refractivity (Wildman–Crippen MR) is 92.6 cm³/mol. The molecule has 0 bridgehead atoms. The molecule has 0 saturated carbocycles. The summed E-state index contributed by atoms with van der Waals surface area (Å²) in [5, 5.41) is 8.99. The molecule has 1 N–H and O–H groups in total. The summed E-state index contributed by atoms with van der Waals surface area (Å²) in [6, 6.07) is 7.96. The number of pyridine rings is 1. The Morgan fingerprint density at radius 2 is 2.26 bits per heavy atom. The largest absolute Gasteiger partial charge is 0.347 e. The van der Waals surface area contributed by atoms with Gasteiger partial charge in [-0.2, -0.15) is 0 Å². The van der Waals surface area contributed by atoms with Crippen LogP contribution in [0.4, 0.5) is 0 Å². The molecule has 118 valence electrons. The molecule has 3 heterocycles. The lowest BCUT2D eigenvalue weighted by Crippen LogP contribution is -2.23. The van der Waals surface area contributed by atoms with Crippen molar-refractivity contribution in [2.24, 2.45) is 0 Å². The van der Waals surface area contributed by atoms with Crippen LogP contribution < -0.4 is 5.32 Å². The van der Waals surface area contributed by atoms with Crippen LogP contribution in [-0.2, 0) is 13.0 Å². The van der Waals surface area contributed by atoms with Crippen molar-refractivity contribution in [2.75, 3.05) is 0 Å². The highest BCUT2D eigenvalue weighted by molar-refractivity contribution is 7.13. The normalized spacial score (nSPS) is 10.7. The number of aromatic nitrogens is 3. The smallest absolute Gasteiger partial charge is 0.265 e. The molecule has 0 saturated heterocycles. The van der Waals surface area contributed by atoms with Gasteiger partial charge in [-0.15, -0.1) is 16.4 Å². The van der Waals surface area contributed by atoms with Crippen molar-refractivity contribution < 1.29 is 4.79 Å². The van der Waals surface area contributed by atoms with Crippen molar-refractivity contribution in [2.45, 2.75) is 26.3 Å². The Hall–Kier alpha value is -2.12. The number of aryl methyl sites for hydroxylation is 1. The SMILES string of the molecule is CCCc1nnsc1C(=O)NCc1ccnc(-c2cccs2)c1. The summed E-state index contributed by atoms with van der Waals surface area (Å²) < 4.78 is 3.89. The first-order chi connectivity index (χ1) is 11.3. The first-order valence-electron chi connectivity index (χ1n) is 7.36. The maximum atomic E-state index is 12.3. The molecule has 0 aromatic carbocycles. The second-order valence-corrected chi connectivity index (χ2v) is 6.71. The minimum atomic E-state index is -0.113. The molecule has 5 nitrogen and oxygen atoms in total. The van der Waals surface area contributed by atoms with E-state index in [4.69, 9.17) is 0 Å². The van der Waals surface area contributed by atoms with Crippen LogP contribution in [0.5, 0.6) is 0 Å². The van der Waals surface area contributed by atoms with Crippen molar-refractivity contribution >= 4 is 28.8 Å². The summed E-state index contributed by atoms with van der Waals surface area (Å²) in [4.78, 5) is 18.4. The molecule has 1 amide bonds. The first kappa shape index (κ1) is 15.8. The molecule has 0 spiro atoms. The van der Waals surface area contributed by atoms with Crippen molar-refractivity contribution in [1.82, 2.24) is 19.9 Å². The average molecular weight is 344 g/mol. The quantitative estimate of drug-likeness (QED) is 0.742. The zero-order valence-electron chi connectivity index (χ0n) is 12.7. The van der Waals surface area contributed by atoms with Crippen LogP contribution >= 0.6 is 22.9 Å². The van der Waals surface area contributed by atoms with Gasteiger partial charge in [0.1, 0.15) is 4.88 Å². The molecule has 3 aromatic heterocycles. The zero-order valence-corrected chi connectivity index (χ0v) is 14.3. The van der Waals surface area contributed by atoms with Gasteiger partial charge < -0.3 is 5.32 Å². The topological polar surface area (TPSA) is 67.8 Å². The fourth-order valence-corrected chi connectivity index (χ4v) is 3.51. The van der Waals surface area contributed by atoms with Crippen LogP contribution in [0, 0.1) is 0 Å². The fraction of sp³-hybridized carbons (Fsp3) is 0.250. The third-order valence-corrected chi connectivity index (χ3v) is 4.96. The Bertz CT molecular complexity index is 783. The third kappa shape index (κ3) is 3.80. The highest BCUT2D eigenvalue weighted by Crippen LogP contribution is 2.23. The lowest BCUT2D eigenvalue weighted by atomic mass is 10.2. The van der Waals surface area contributed by atoms with Gasteiger partial charge >= 0.3 is 0 Å². The Morgan fingerprint density at radius 3 is 3.04 bits per heavy atom. The number of nitrogens with one attached hydrogen (secondary N) is 1. The van der Waals surface area contributed by atoms with Gasteiger partial charge in [0.05, 0.1) is 16.3 Å². The van der Waals surface area contributed by atoms with Crippen LogP contribution in [-0.4, -0.2) is 20.5 Å². The van der Waals surface area contributed by atoms with E-state index in [1.807, 2.05) is 29.6 Å². The number of thiophene rings is 1. The second-order valence-electron chi connectivity index (χ2n) is 5.01. The van der Waals surface area contributed by atoms with E-state index >= 15 is 0 Å². The third-order valence-electron chi connectivity index (χ3n) is 3.30. The molecule has 7 heteroatoms. The van der Waals surface area contributed by atoms with Gasteiger partial charge in [0.25, 0.3) is 5.91 Å². The molecule has 0 aliphatic heterocycles. The lowest BCUT2D eigenvalue weighted by Gasteiger charge is -2.06. The summed E-state index contributed by atoms with van der Waals surface area (Å²) in [6.45, 7) is 2.52. The average Bonchev–Trinajstić information content (AvgIpc) is 3.25. The molecule has 0 atom stereocenters. The molecule has 0 unspecified atom stereocenters. The highest BCUT2D eigenvalue weighted by Gasteiger charge is 2.15. The van der Waals surface area contributed by atoms with E-state index in [0.29, 0.717) is 11.4 Å². The number of amides is 1. The maximum absolute atomic E-state index is 12.3.